The van der Waals surface area contributed by atoms with E-state index in [9.17, 15) is 32.3 Å². The average molecular weight is 605 g/mol. The fraction of sp³-hybridized carbons (Fsp3) is 0.296. The molecule has 2 aromatic heterocycles. The summed E-state index contributed by atoms with van der Waals surface area (Å²) >= 11 is 6.54. The minimum atomic E-state index is -5.43. The maximum atomic E-state index is 14.0. The Labute approximate surface area is 240 Å². The molecule has 1 N–H and O–H groups in total. The lowest BCUT2D eigenvalue weighted by Crippen LogP contribution is -2.44. The maximum Gasteiger partial charge on any atom is 0.491 e. The zero-order valence-corrected chi connectivity index (χ0v) is 22.7. The molecule has 0 unspecified atom stereocenters. The number of anilines is 1. The molecule has 1 aliphatic rings. The van der Waals surface area contributed by atoms with Crippen molar-refractivity contribution in [3.8, 4) is 5.69 Å². The normalized spacial score (nSPS) is 13.9. The van der Waals surface area contributed by atoms with Crippen molar-refractivity contribution >= 4 is 40.7 Å². The Morgan fingerprint density at radius 2 is 1.64 bits per heavy atom. The van der Waals surface area contributed by atoms with Crippen LogP contribution in [-0.4, -0.2) is 63.0 Å². The Hall–Kier alpha value is -4.43. The molecule has 1 fully saturated rings. The molecule has 4 aromatic rings. The van der Waals surface area contributed by atoms with Crippen LogP contribution in [0.2, 0.25) is 5.02 Å². The molecule has 0 atom stereocenters. The summed E-state index contributed by atoms with van der Waals surface area (Å²) in [5, 5.41) is 3.47. The van der Waals surface area contributed by atoms with Crippen LogP contribution in [0, 0.1) is 0 Å². The molecular formula is C27H24ClF3N6O5. The van der Waals surface area contributed by atoms with Crippen molar-refractivity contribution in [1.29, 1.82) is 0 Å². The number of alkyl halides is 3. The van der Waals surface area contributed by atoms with Crippen LogP contribution < -0.4 is 21.5 Å². The van der Waals surface area contributed by atoms with E-state index in [2.05, 4.69) is 15.0 Å². The summed E-state index contributed by atoms with van der Waals surface area (Å²) in [5.41, 5.74) is -0.968. The first-order valence-electron chi connectivity index (χ1n) is 12.9. The van der Waals surface area contributed by atoms with Gasteiger partial charge in [-0.05, 0) is 24.1 Å². The second kappa shape index (κ2) is 11.8. The Kier molecular flexibility index (Phi) is 8.18. The predicted octanol–water partition coefficient (Wildman–Crippen LogP) is 2.29. The fourth-order valence-corrected chi connectivity index (χ4v) is 4.93. The van der Waals surface area contributed by atoms with Gasteiger partial charge in [0, 0.05) is 32.7 Å². The molecule has 0 spiro atoms. The molecule has 11 nitrogen and oxygen atoms in total. The van der Waals surface area contributed by atoms with Gasteiger partial charge in [-0.25, -0.2) is 14.4 Å². The number of carbonyl (C=O) groups excluding carboxylic acids is 2. The van der Waals surface area contributed by atoms with Gasteiger partial charge in [0.1, 0.15) is 6.54 Å². The van der Waals surface area contributed by atoms with Crippen molar-refractivity contribution in [2.45, 2.75) is 25.7 Å². The van der Waals surface area contributed by atoms with Gasteiger partial charge in [-0.2, -0.15) is 18.2 Å². The van der Waals surface area contributed by atoms with Crippen LogP contribution in [0.4, 0.5) is 19.1 Å². The van der Waals surface area contributed by atoms with E-state index in [1.54, 1.807) is 48.5 Å². The number of benzene rings is 2. The second-order valence-corrected chi connectivity index (χ2v) is 9.84. The average Bonchev–Trinajstić information content (AvgIpc) is 3.36. The van der Waals surface area contributed by atoms with Crippen LogP contribution in [-0.2, 0) is 33.8 Å². The van der Waals surface area contributed by atoms with Gasteiger partial charge in [-0.3, -0.25) is 18.5 Å². The SMILES string of the molecule is O=C(Cn1c(=O)n(CCc2ccccc2)c(=O)c2c1nc(N1CCNCC1)n2-c1ccccc1Cl)OC(=O)C(F)(F)F. The van der Waals surface area contributed by atoms with Crippen LogP contribution >= 0.6 is 11.6 Å². The van der Waals surface area contributed by atoms with E-state index >= 15 is 0 Å². The minimum absolute atomic E-state index is 0.120. The lowest BCUT2D eigenvalue weighted by atomic mass is 10.1. The zero-order valence-electron chi connectivity index (χ0n) is 21.9. The molecule has 0 radical (unpaired) electrons. The summed E-state index contributed by atoms with van der Waals surface area (Å²) in [5.74, 6) is -4.13. The number of ether oxygens (including phenoxy) is 1. The van der Waals surface area contributed by atoms with E-state index in [0.717, 1.165) is 14.7 Å². The highest BCUT2D eigenvalue weighted by Gasteiger charge is 2.42. The number of esters is 2. The standard InChI is InChI=1S/C27H24ClF3N6O5/c28-18-8-4-5-9-19(18)37-21-22(33-25(37)34-14-11-32-12-15-34)36(16-20(38)42-24(40)27(29,30)31)26(41)35(23(21)39)13-10-17-6-2-1-3-7-17/h1-9,32H,10-16H2. The van der Waals surface area contributed by atoms with Gasteiger partial charge in [0.25, 0.3) is 5.56 Å². The van der Waals surface area contributed by atoms with E-state index < -0.39 is 35.9 Å². The van der Waals surface area contributed by atoms with Crippen molar-refractivity contribution in [3.63, 3.8) is 0 Å². The Morgan fingerprint density at radius 1 is 0.976 bits per heavy atom. The van der Waals surface area contributed by atoms with Gasteiger partial charge in [0.2, 0.25) is 5.95 Å². The Bertz CT molecular complexity index is 1760. The predicted molar refractivity (Wildman–Crippen MR) is 147 cm³/mol. The van der Waals surface area contributed by atoms with Gasteiger partial charge in [-0.15, -0.1) is 0 Å². The number of nitrogens with one attached hydrogen (secondary N) is 1. The number of aromatic nitrogens is 4. The molecule has 3 heterocycles. The van der Waals surface area contributed by atoms with E-state index in [0.29, 0.717) is 31.9 Å². The number of aryl methyl sites for hydroxylation is 1. The molecule has 1 saturated heterocycles. The highest BCUT2D eigenvalue weighted by Crippen LogP contribution is 2.29. The number of piperazine rings is 1. The topological polar surface area (TPSA) is 120 Å². The van der Waals surface area contributed by atoms with Gasteiger partial charge in [0.15, 0.2) is 11.2 Å². The molecular weight excluding hydrogens is 581 g/mol. The summed E-state index contributed by atoms with van der Waals surface area (Å²) < 4.78 is 45.4. The maximum absolute atomic E-state index is 14.0. The zero-order chi connectivity index (χ0) is 30.0. The van der Waals surface area contributed by atoms with Crippen LogP contribution in [0.1, 0.15) is 5.56 Å². The molecule has 1 aliphatic heterocycles. The van der Waals surface area contributed by atoms with Gasteiger partial charge < -0.3 is 15.0 Å². The first-order chi connectivity index (χ1) is 20.1. The minimum Gasteiger partial charge on any atom is -0.385 e. The molecule has 0 saturated carbocycles. The monoisotopic (exact) mass is 604 g/mol. The van der Waals surface area contributed by atoms with E-state index in [-0.39, 0.29) is 35.1 Å². The van der Waals surface area contributed by atoms with Crippen LogP contribution in [0.15, 0.2) is 64.2 Å². The van der Waals surface area contributed by atoms with Gasteiger partial charge in [-0.1, -0.05) is 54.1 Å². The number of imidazole rings is 1. The van der Waals surface area contributed by atoms with Crippen molar-refractivity contribution < 1.29 is 27.5 Å². The molecule has 220 valence electrons. The van der Waals surface area contributed by atoms with E-state index in [1.807, 2.05) is 11.0 Å². The molecule has 42 heavy (non-hydrogen) atoms. The van der Waals surface area contributed by atoms with Crippen LogP contribution in [0.3, 0.4) is 0 Å². The summed E-state index contributed by atoms with van der Waals surface area (Å²) in [7, 11) is 0. The third-order valence-electron chi connectivity index (χ3n) is 6.69. The summed E-state index contributed by atoms with van der Waals surface area (Å²) in [6.45, 7) is 0.899. The number of carbonyl (C=O) groups is 2. The number of fused-ring (bicyclic) bond motifs is 1. The first-order valence-corrected chi connectivity index (χ1v) is 13.3. The number of rotatable bonds is 7. The Morgan fingerprint density at radius 3 is 2.31 bits per heavy atom. The second-order valence-electron chi connectivity index (χ2n) is 9.43. The third kappa shape index (κ3) is 5.81. The van der Waals surface area contributed by atoms with E-state index in [1.165, 1.54) is 4.57 Å². The van der Waals surface area contributed by atoms with Crippen LogP contribution in [0.25, 0.3) is 16.9 Å². The van der Waals surface area contributed by atoms with Crippen molar-refractivity contribution in [2.24, 2.45) is 0 Å². The van der Waals surface area contributed by atoms with Gasteiger partial charge >= 0.3 is 23.8 Å². The van der Waals surface area contributed by atoms with Crippen molar-refractivity contribution in [1.82, 2.24) is 24.0 Å². The summed E-state index contributed by atoms with van der Waals surface area (Å²) in [4.78, 5) is 57.9. The highest BCUT2D eigenvalue weighted by molar-refractivity contribution is 6.32. The molecule has 2 aromatic carbocycles. The summed E-state index contributed by atoms with van der Waals surface area (Å²) in [6, 6.07) is 15.6. The number of hydrogen-bond donors (Lipinski definition) is 1. The lowest BCUT2D eigenvalue weighted by Gasteiger charge is -2.28. The molecule has 0 bridgehead atoms. The molecule has 0 aliphatic carbocycles. The number of halogens is 4. The molecule has 5 rings (SSSR count). The third-order valence-corrected chi connectivity index (χ3v) is 7.01. The Balaban J connectivity index is 1.73. The number of para-hydroxylation sites is 1. The number of nitrogens with zero attached hydrogens (tertiary/aromatic N) is 5. The first kappa shape index (κ1) is 29.1. The largest absolute Gasteiger partial charge is 0.491 e. The summed E-state index contributed by atoms with van der Waals surface area (Å²) in [6.07, 6.45) is -5.17. The molecule has 0 amide bonds. The highest BCUT2D eigenvalue weighted by atomic mass is 35.5. The quantitative estimate of drug-likeness (QED) is 0.252. The smallest absolute Gasteiger partial charge is 0.385 e. The fourth-order valence-electron chi connectivity index (χ4n) is 4.71. The number of hydrogen-bond acceptors (Lipinski definition) is 8. The van der Waals surface area contributed by atoms with Crippen molar-refractivity contribution in [2.75, 3.05) is 31.1 Å². The molecule has 15 heteroatoms. The van der Waals surface area contributed by atoms with Crippen LogP contribution in [0.5, 0.6) is 0 Å². The lowest BCUT2D eigenvalue weighted by molar-refractivity contribution is -0.202. The van der Waals surface area contributed by atoms with Gasteiger partial charge in [0.05, 0.1) is 10.7 Å². The van der Waals surface area contributed by atoms with E-state index in [4.69, 9.17) is 11.6 Å². The van der Waals surface area contributed by atoms with Crippen molar-refractivity contribution in [3.05, 3.63) is 86.0 Å².